The van der Waals surface area contributed by atoms with Crippen LogP contribution in [0.25, 0.3) is 11.0 Å². The number of halogens is 2. The standard InChI is InChI=1S/C18H14Br2O9/c1-28-18-14(26)13(25)10-9(16(8(22)4-21)29-17(10)15(18)27)11(23)5-2-6(19)12(24)7(20)3-5/h2-3,8,21-22,24-27H,4H2,1H3. The second-order valence-corrected chi connectivity index (χ2v) is 7.65. The lowest BCUT2D eigenvalue weighted by atomic mass is 9.97. The number of aromatic hydroxyl groups is 4. The van der Waals surface area contributed by atoms with Crippen LogP contribution in [0.5, 0.6) is 28.7 Å². The van der Waals surface area contributed by atoms with Gasteiger partial charge in [0.05, 0.1) is 33.6 Å². The summed E-state index contributed by atoms with van der Waals surface area (Å²) in [5.74, 6) is -4.25. The average Bonchev–Trinajstić information content (AvgIpc) is 3.10. The Balaban J connectivity index is 2.40. The van der Waals surface area contributed by atoms with Crippen molar-refractivity contribution >= 4 is 48.6 Å². The van der Waals surface area contributed by atoms with Gasteiger partial charge in [-0.2, -0.15) is 0 Å². The fourth-order valence-electron chi connectivity index (χ4n) is 2.86. The highest BCUT2D eigenvalue weighted by Gasteiger charge is 2.33. The summed E-state index contributed by atoms with van der Waals surface area (Å²) >= 11 is 6.21. The zero-order valence-corrected chi connectivity index (χ0v) is 17.8. The van der Waals surface area contributed by atoms with Gasteiger partial charge in [-0.1, -0.05) is 0 Å². The van der Waals surface area contributed by atoms with Crippen molar-refractivity contribution in [3.05, 3.63) is 38.0 Å². The molecule has 0 aliphatic heterocycles. The number of phenolic OH excluding ortho intramolecular Hbond substituents is 4. The molecule has 0 aliphatic carbocycles. The van der Waals surface area contributed by atoms with Gasteiger partial charge in [0.2, 0.25) is 17.2 Å². The maximum atomic E-state index is 13.2. The number of aliphatic hydroxyl groups is 2. The van der Waals surface area contributed by atoms with Gasteiger partial charge in [-0.25, -0.2) is 0 Å². The topological polar surface area (TPSA) is 161 Å². The number of benzene rings is 2. The predicted molar refractivity (Wildman–Crippen MR) is 107 cm³/mol. The van der Waals surface area contributed by atoms with Crippen molar-refractivity contribution in [3.63, 3.8) is 0 Å². The number of phenols is 4. The Kier molecular flexibility index (Phi) is 5.68. The number of rotatable bonds is 5. The summed E-state index contributed by atoms with van der Waals surface area (Å²) in [6.45, 7) is -0.826. The van der Waals surface area contributed by atoms with Gasteiger partial charge in [0, 0.05) is 5.56 Å². The number of fused-ring (bicyclic) bond motifs is 1. The quantitative estimate of drug-likeness (QED) is 0.164. The highest BCUT2D eigenvalue weighted by atomic mass is 79.9. The Morgan fingerprint density at radius 1 is 1.07 bits per heavy atom. The lowest BCUT2D eigenvalue weighted by Crippen LogP contribution is -2.09. The third-order valence-corrected chi connectivity index (χ3v) is 5.44. The van der Waals surface area contributed by atoms with Crippen LogP contribution in [-0.2, 0) is 0 Å². The van der Waals surface area contributed by atoms with E-state index in [1.807, 2.05) is 0 Å². The molecule has 0 amide bonds. The fraction of sp³-hybridized carbons (Fsp3) is 0.167. The van der Waals surface area contributed by atoms with E-state index in [0.29, 0.717) is 0 Å². The van der Waals surface area contributed by atoms with Crippen LogP contribution in [0.3, 0.4) is 0 Å². The van der Waals surface area contributed by atoms with Crippen molar-refractivity contribution in [2.75, 3.05) is 13.7 Å². The smallest absolute Gasteiger partial charge is 0.210 e. The van der Waals surface area contributed by atoms with Crippen LogP contribution in [0.4, 0.5) is 0 Å². The molecule has 3 aromatic rings. The number of aliphatic hydroxyl groups excluding tert-OH is 2. The Bertz CT molecular complexity index is 1110. The third kappa shape index (κ3) is 3.29. The molecular weight excluding hydrogens is 520 g/mol. The fourth-order valence-corrected chi connectivity index (χ4v) is 4.05. The first-order chi connectivity index (χ1) is 13.6. The molecule has 0 spiro atoms. The van der Waals surface area contributed by atoms with Crippen LogP contribution < -0.4 is 4.74 Å². The van der Waals surface area contributed by atoms with E-state index in [9.17, 15) is 35.4 Å². The van der Waals surface area contributed by atoms with Gasteiger partial charge < -0.3 is 39.8 Å². The highest BCUT2D eigenvalue weighted by molar-refractivity contribution is 9.11. The number of hydrogen-bond donors (Lipinski definition) is 6. The van der Waals surface area contributed by atoms with Crippen molar-refractivity contribution in [2.24, 2.45) is 0 Å². The van der Waals surface area contributed by atoms with E-state index in [0.717, 1.165) is 7.11 Å². The molecule has 0 radical (unpaired) electrons. The van der Waals surface area contributed by atoms with Crippen molar-refractivity contribution in [1.29, 1.82) is 0 Å². The van der Waals surface area contributed by atoms with Gasteiger partial charge in [-0.15, -0.1) is 0 Å². The number of carbonyl (C=O) groups is 1. The number of furan rings is 1. The van der Waals surface area contributed by atoms with E-state index in [1.165, 1.54) is 12.1 Å². The lowest BCUT2D eigenvalue weighted by molar-refractivity contribution is 0.0767. The monoisotopic (exact) mass is 532 g/mol. The van der Waals surface area contributed by atoms with Gasteiger partial charge in [0.15, 0.2) is 17.1 Å². The average molecular weight is 534 g/mol. The van der Waals surface area contributed by atoms with Crippen LogP contribution >= 0.6 is 31.9 Å². The third-order valence-electron chi connectivity index (χ3n) is 4.23. The van der Waals surface area contributed by atoms with E-state index >= 15 is 0 Å². The van der Waals surface area contributed by atoms with E-state index in [-0.39, 0.29) is 25.6 Å². The van der Waals surface area contributed by atoms with Gasteiger partial charge in [0.1, 0.15) is 17.6 Å². The second-order valence-electron chi connectivity index (χ2n) is 5.94. The van der Waals surface area contributed by atoms with E-state index < -0.39 is 58.4 Å². The van der Waals surface area contributed by atoms with Crippen molar-refractivity contribution in [2.45, 2.75) is 6.10 Å². The Labute approximate surface area is 179 Å². The summed E-state index contributed by atoms with van der Waals surface area (Å²) in [5, 5.41) is 59.8. The van der Waals surface area contributed by atoms with Gasteiger partial charge in [0.25, 0.3) is 0 Å². The largest absolute Gasteiger partial charge is 0.506 e. The molecule has 154 valence electrons. The minimum Gasteiger partial charge on any atom is -0.506 e. The van der Waals surface area contributed by atoms with Gasteiger partial charge >= 0.3 is 0 Å². The molecule has 6 N–H and O–H groups in total. The normalized spacial score (nSPS) is 12.3. The number of methoxy groups -OCH3 is 1. The van der Waals surface area contributed by atoms with Crippen molar-refractivity contribution < 1.29 is 44.6 Å². The first-order valence-electron chi connectivity index (χ1n) is 7.92. The zero-order valence-electron chi connectivity index (χ0n) is 14.6. The first kappa shape index (κ1) is 21.2. The minimum absolute atomic E-state index is 0.00448. The molecule has 9 nitrogen and oxygen atoms in total. The molecule has 3 rings (SSSR count). The molecule has 11 heteroatoms. The van der Waals surface area contributed by atoms with Crippen LogP contribution in [-0.4, -0.2) is 50.1 Å². The molecule has 2 aromatic carbocycles. The Hall–Kier alpha value is -2.47. The zero-order chi connectivity index (χ0) is 21.6. The molecule has 1 heterocycles. The van der Waals surface area contributed by atoms with Crippen LogP contribution in [0.15, 0.2) is 25.5 Å². The van der Waals surface area contributed by atoms with Crippen molar-refractivity contribution in [3.8, 4) is 28.7 Å². The summed E-state index contributed by atoms with van der Waals surface area (Å²) in [7, 11) is 1.13. The summed E-state index contributed by atoms with van der Waals surface area (Å²) in [6.07, 6.45) is -1.67. The summed E-state index contributed by atoms with van der Waals surface area (Å²) in [5.41, 5.74) is -0.818. The van der Waals surface area contributed by atoms with E-state index in [1.54, 1.807) is 0 Å². The maximum Gasteiger partial charge on any atom is 0.210 e. The minimum atomic E-state index is -1.67. The molecule has 0 fully saturated rings. The second kappa shape index (κ2) is 7.75. The lowest BCUT2D eigenvalue weighted by Gasteiger charge is -2.10. The number of hydrogen-bond acceptors (Lipinski definition) is 9. The van der Waals surface area contributed by atoms with Gasteiger partial charge in [-0.3, -0.25) is 4.79 Å². The molecule has 1 aromatic heterocycles. The number of carbonyl (C=O) groups excluding carboxylic acids is 1. The summed E-state index contributed by atoms with van der Waals surface area (Å²) in [4.78, 5) is 13.2. The predicted octanol–water partition coefficient (Wildman–Crippen LogP) is 3.05. The molecule has 0 aliphatic rings. The van der Waals surface area contributed by atoms with E-state index in [4.69, 9.17) is 9.15 Å². The Morgan fingerprint density at radius 3 is 2.17 bits per heavy atom. The molecule has 1 atom stereocenters. The molecule has 29 heavy (non-hydrogen) atoms. The van der Waals surface area contributed by atoms with Crippen molar-refractivity contribution in [1.82, 2.24) is 0 Å². The number of ketones is 1. The summed E-state index contributed by atoms with van der Waals surface area (Å²) in [6, 6.07) is 2.58. The number of ether oxygens (including phenoxy) is 1. The molecule has 0 bridgehead atoms. The molecule has 0 saturated heterocycles. The molecule has 1 unspecified atom stereocenters. The van der Waals surface area contributed by atoms with Crippen LogP contribution in [0.1, 0.15) is 27.8 Å². The molecule has 0 saturated carbocycles. The SMILES string of the molecule is COc1c(O)c(O)c2c(C(=O)c3cc(Br)c(O)c(Br)c3)c(C(O)CO)oc2c1O. The highest BCUT2D eigenvalue weighted by Crippen LogP contribution is 2.52. The summed E-state index contributed by atoms with van der Waals surface area (Å²) < 4.78 is 10.6. The first-order valence-corrected chi connectivity index (χ1v) is 9.51. The maximum absolute atomic E-state index is 13.2. The van der Waals surface area contributed by atoms with Gasteiger partial charge in [-0.05, 0) is 44.0 Å². The van der Waals surface area contributed by atoms with E-state index in [2.05, 4.69) is 31.9 Å². The Morgan fingerprint density at radius 2 is 1.66 bits per heavy atom. The van der Waals surface area contributed by atoms with Crippen LogP contribution in [0.2, 0.25) is 0 Å². The molecular formula is C18H14Br2O9. The van der Waals surface area contributed by atoms with Crippen LogP contribution in [0, 0.1) is 0 Å².